The number of amides is 1. The van der Waals surface area contributed by atoms with Gasteiger partial charge in [-0.2, -0.15) is 11.8 Å². The Balaban J connectivity index is 1.85. The number of ketones is 1. The van der Waals surface area contributed by atoms with Gasteiger partial charge in [0.05, 0.1) is 6.04 Å². The molecule has 0 spiro atoms. The number of hydrogen-bond acceptors (Lipinski definition) is 9. The number of carbonyl (C=O) groups is 3. The first kappa shape index (κ1) is 22.3. The maximum atomic E-state index is 12.9. The zero-order chi connectivity index (χ0) is 21.8. The van der Waals surface area contributed by atoms with Gasteiger partial charge in [-0.3, -0.25) is 9.59 Å². The number of carboxylic acids is 1. The number of nitrogens with one attached hydrogen (secondary N) is 1. The van der Waals surface area contributed by atoms with Crippen molar-refractivity contribution in [3.63, 3.8) is 0 Å². The highest BCUT2D eigenvalue weighted by Crippen LogP contribution is 2.40. The minimum Gasteiger partial charge on any atom is -0.478 e. The summed E-state index contributed by atoms with van der Waals surface area (Å²) >= 11 is 2.69. The van der Waals surface area contributed by atoms with Gasteiger partial charge in [0.15, 0.2) is 16.6 Å². The van der Waals surface area contributed by atoms with E-state index >= 15 is 0 Å². The lowest BCUT2D eigenvalue weighted by Gasteiger charge is -2.24. The van der Waals surface area contributed by atoms with Crippen molar-refractivity contribution in [2.75, 3.05) is 18.6 Å². The summed E-state index contributed by atoms with van der Waals surface area (Å²) in [5, 5.41) is 18.0. The number of Topliss-reactive ketones (excluding diaryl/α,β-unsaturated/α-hetero) is 1. The van der Waals surface area contributed by atoms with Crippen LogP contribution in [-0.2, 0) is 19.2 Å². The first-order valence-electron chi connectivity index (χ1n) is 9.58. The van der Waals surface area contributed by atoms with Crippen LogP contribution in [0, 0.1) is 5.92 Å². The van der Waals surface area contributed by atoms with Crippen LogP contribution in [-0.4, -0.2) is 57.6 Å². The fourth-order valence-corrected chi connectivity index (χ4v) is 6.01. The number of aromatic nitrogens is 1. The van der Waals surface area contributed by atoms with Crippen molar-refractivity contribution < 1.29 is 24.3 Å². The number of carbonyl (C=O) groups excluding carboxylic acids is 2. The average Bonchev–Trinajstić information content (AvgIpc) is 2.97. The Bertz CT molecular complexity index is 910. The molecular weight excluding hydrogens is 428 g/mol. The van der Waals surface area contributed by atoms with Crippen LogP contribution in [0.5, 0.6) is 0 Å². The molecule has 4 N–H and O–H groups in total. The van der Waals surface area contributed by atoms with Crippen molar-refractivity contribution in [1.82, 2.24) is 10.3 Å². The monoisotopic (exact) mass is 452 g/mol. The van der Waals surface area contributed by atoms with Crippen molar-refractivity contribution in [1.29, 1.82) is 0 Å². The summed E-state index contributed by atoms with van der Waals surface area (Å²) in [7, 11) is 1.32. The molecule has 3 atom stereocenters. The molecule has 1 aliphatic carbocycles. The van der Waals surface area contributed by atoms with Gasteiger partial charge in [0, 0.05) is 28.4 Å². The van der Waals surface area contributed by atoms with E-state index in [9.17, 15) is 19.5 Å². The fraction of sp³-hybridized carbons (Fsp3) is 0.526. The number of nitrogens with zero attached hydrogens (tertiary/aromatic N) is 2. The van der Waals surface area contributed by atoms with Gasteiger partial charge in [-0.1, -0.05) is 12.1 Å². The van der Waals surface area contributed by atoms with E-state index in [1.807, 2.05) is 6.92 Å². The van der Waals surface area contributed by atoms with Crippen LogP contribution in [0.3, 0.4) is 0 Å². The third kappa shape index (κ3) is 4.67. The molecule has 1 amide bonds. The predicted molar refractivity (Wildman–Crippen MR) is 116 cm³/mol. The zero-order valence-corrected chi connectivity index (χ0v) is 18.3. The van der Waals surface area contributed by atoms with E-state index in [1.165, 1.54) is 30.2 Å². The summed E-state index contributed by atoms with van der Waals surface area (Å²) < 4.78 is 0. The summed E-state index contributed by atoms with van der Waals surface area (Å²) in [6, 6.07) is -0.739. The Hall–Kier alpha value is -2.40. The topological polar surface area (TPSA) is 144 Å². The first-order chi connectivity index (χ1) is 14.3. The van der Waals surface area contributed by atoms with E-state index in [0.29, 0.717) is 30.6 Å². The number of rotatable bonds is 6. The van der Waals surface area contributed by atoms with E-state index in [2.05, 4.69) is 15.5 Å². The number of nitrogen functional groups attached to an aromatic ring is 1. The lowest BCUT2D eigenvalue weighted by atomic mass is 9.87. The minimum atomic E-state index is -0.913. The smallest absolute Gasteiger partial charge is 0.331 e. The summed E-state index contributed by atoms with van der Waals surface area (Å²) in [5.74, 6) is -1.27. The van der Waals surface area contributed by atoms with Crippen LogP contribution in [0.1, 0.15) is 38.3 Å². The van der Waals surface area contributed by atoms with Gasteiger partial charge in [-0.05, 0) is 30.8 Å². The molecule has 3 rings (SSSR count). The number of thiazole rings is 1. The highest BCUT2D eigenvalue weighted by atomic mass is 32.2. The largest absolute Gasteiger partial charge is 0.478 e. The second kappa shape index (κ2) is 9.61. The van der Waals surface area contributed by atoms with E-state index in [4.69, 9.17) is 10.6 Å². The highest BCUT2D eigenvalue weighted by Gasteiger charge is 2.40. The zero-order valence-electron chi connectivity index (χ0n) is 16.7. The number of aliphatic carboxylic acids is 1. The highest BCUT2D eigenvalue weighted by molar-refractivity contribution is 8.00. The second-order valence-corrected chi connectivity index (χ2v) is 9.22. The third-order valence-electron chi connectivity index (χ3n) is 5.34. The van der Waals surface area contributed by atoms with E-state index in [-0.39, 0.29) is 39.9 Å². The van der Waals surface area contributed by atoms with Crippen LogP contribution < -0.4 is 11.1 Å². The second-order valence-electron chi connectivity index (χ2n) is 7.11. The molecule has 162 valence electrons. The molecule has 30 heavy (non-hydrogen) atoms. The molecule has 1 unspecified atom stereocenters. The van der Waals surface area contributed by atoms with Gasteiger partial charge in [0.25, 0.3) is 5.91 Å². The maximum absolute atomic E-state index is 12.9. The Kier molecular flexibility index (Phi) is 7.14. The normalized spacial score (nSPS) is 24.8. The molecule has 9 nitrogen and oxygen atoms in total. The predicted octanol–water partition coefficient (Wildman–Crippen LogP) is 1.84. The minimum absolute atomic E-state index is 0.0590. The number of thioether (sulfide) groups is 1. The quantitative estimate of drug-likeness (QED) is 0.438. The Morgan fingerprint density at radius 3 is 2.83 bits per heavy atom. The number of anilines is 1. The van der Waals surface area contributed by atoms with Crippen LogP contribution in [0.15, 0.2) is 21.7 Å². The molecule has 2 heterocycles. The Morgan fingerprint density at radius 1 is 1.47 bits per heavy atom. The van der Waals surface area contributed by atoms with Crippen LogP contribution in [0.4, 0.5) is 5.13 Å². The van der Waals surface area contributed by atoms with Crippen LogP contribution in [0.2, 0.25) is 0 Å². The molecule has 1 saturated carbocycles. The van der Waals surface area contributed by atoms with Crippen molar-refractivity contribution in [3.8, 4) is 0 Å². The molecule has 1 aromatic heterocycles. The molecular formula is C19H24N4O5S2. The lowest BCUT2D eigenvalue weighted by Crippen LogP contribution is -2.49. The van der Waals surface area contributed by atoms with Gasteiger partial charge < -0.3 is 21.0 Å². The van der Waals surface area contributed by atoms with Gasteiger partial charge in [-0.25, -0.2) is 9.78 Å². The summed E-state index contributed by atoms with van der Waals surface area (Å²) in [6.07, 6.45) is 1.85. The summed E-state index contributed by atoms with van der Waals surface area (Å²) in [6.45, 7) is 1.94. The van der Waals surface area contributed by atoms with Crippen LogP contribution in [0.25, 0.3) is 0 Å². The SMILES string of the molecule is CCC1=C(C(=O)O)C2CCC(=O)[C@@H](NC(=O)/C(=N\OC)c3csc(N)n3)[C@H](C2)SC1. The van der Waals surface area contributed by atoms with Gasteiger partial charge in [0.2, 0.25) is 0 Å². The molecule has 0 radical (unpaired) electrons. The molecule has 1 aromatic rings. The molecule has 0 saturated heterocycles. The summed E-state index contributed by atoms with van der Waals surface area (Å²) in [5.41, 5.74) is 7.21. The molecule has 0 aromatic carbocycles. The summed E-state index contributed by atoms with van der Waals surface area (Å²) in [4.78, 5) is 46.5. The molecule has 2 aliphatic rings. The van der Waals surface area contributed by atoms with Crippen molar-refractivity contribution in [2.45, 2.75) is 43.9 Å². The van der Waals surface area contributed by atoms with Gasteiger partial charge >= 0.3 is 5.97 Å². The number of carboxylic acid groups (broad SMARTS) is 1. The maximum Gasteiger partial charge on any atom is 0.331 e. The third-order valence-corrected chi connectivity index (χ3v) is 7.42. The number of oxime groups is 1. The Morgan fingerprint density at radius 2 is 2.23 bits per heavy atom. The van der Waals surface area contributed by atoms with E-state index < -0.39 is 17.9 Å². The Labute approximate surface area is 182 Å². The average molecular weight is 453 g/mol. The van der Waals surface area contributed by atoms with Crippen molar-refractivity contribution in [3.05, 3.63) is 22.2 Å². The van der Waals surface area contributed by atoms with E-state index in [0.717, 1.165) is 5.57 Å². The number of nitrogens with two attached hydrogens (primary N) is 1. The molecule has 1 fully saturated rings. The fourth-order valence-electron chi connectivity index (χ4n) is 3.91. The number of fused-ring (bicyclic) bond motifs is 2. The van der Waals surface area contributed by atoms with Crippen LogP contribution >= 0.6 is 23.1 Å². The molecule has 2 bridgehead atoms. The standard InChI is InChI=1S/C19H24N4O5S2/c1-3-9-7-29-13-6-10(14(9)18(26)27)4-5-12(24)16(13)22-17(25)15(23-28-2)11-8-30-19(20)21-11/h8,10,13,16H,3-7H2,1-2H3,(H2,20,21)(H,22,25)(H,26,27)/b23-15-/t10?,13-,16+/m0/s1. The lowest BCUT2D eigenvalue weighted by molar-refractivity contribution is -0.133. The van der Waals surface area contributed by atoms with Gasteiger partial charge in [-0.15, -0.1) is 11.3 Å². The van der Waals surface area contributed by atoms with Crippen molar-refractivity contribution >= 4 is 51.6 Å². The molecule has 11 heteroatoms. The number of hydrogen-bond donors (Lipinski definition) is 3. The first-order valence-corrected chi connectivity index (χ1v) is 11.5. The van der Waals surface area contributed by atoms with Gasteiger partial charge in [0.1, 0.15) is 12.8 Å². The van der Waals surface area contributed by atoms with E-state index in [1.54, 1.807) is 5.38 Å². The molecule has 1 aliphatic heterocycles. The van der Waals surface area contributed by atoms with Crippen molar-refractivity contribution in [2.24, 2.45) is 11.1 Å².